The first-order chi connectivity index (χ1) is 13.0. The predicted octanol–water partition coefficient (Wildman–Crippen LogP) is 3.82. The average molecular weight is 414 g/mol. The van der Waals surface area contributed by atoms with Gasteiger partial charge in [-0.25, -0.2) is 18.2 Å². The number of halogens is 3. The fraction of sp³-hybridized carbons (Fsp3) is 0.235. The molecule has 1 aromatic heterocycles. The van der Waals surface area contributed by atoms with E-state index in [2.05, 4.69) is 15.0 Å². The zero-order valence-corrected chi connectivity index (χ0v) is 16.2. The Balaban J connectivity index is 2.27. The largest absolute Gasteiger partial charge is 0.439 e. The van der Waals surface area contributed by atoms with Gasteiger partial charge in [0.25, 0.3) is 0 Å². The van der Waals surface area contributed by atoms with Crippen LogP contribution in [0, 0.1) is 31.3 Å². The van der Waals surface area contributed by atoms with Gasteiger partial charge in [0, 0.05) is 21.0 Å². The maximum Gasteiger partial charge on any atom is 0.301 e. The monoisotopic (exact) mass is 414 g/mol. The van der Waals surface area contributed by atoms with Crippen molar-refractivity contribution in [3.05, 3.63) is 47.1 Å². The molecule has 3 rings (SSSR count). The minimum Gasteiger partial charge on any atom is -0.439 e. The van der Waals surface area contributed by atoms with E-state index in [1.165, 1.54) is 33.2 Å². The normalized spacial score (nSPS) is 12.0. The summed E-state index contributed by atoms with van der Waals surface area (Å²) in [7, 11) is -1.63. The molecule has 0 aliphatic carbocycles. The van der Waals surface area contributed by atoms with Gasteiger partial charge in [-0.2, -0.15) is 12.7 Å². The first-order valence-electron chi connectivity index (χ1n) is 8.02. The Bertz CT molecular complexity index is 1180. The third kappa shape index (κ3) is 3.50. The van der Waals surface area contributed by atoms with E-state index in [1.807, 2.05) is 0 Å². The molecule has 0 unspecified atom stereocenters. The standard InChI is InChI=1S/C17H17F3N4O3S/c1-8-5-6-11(10(18)7-8)22-14-12(19)13(20)15-17(27-9(2)21-15)16(14)23-28(25,26)24(3)4/h5-7,22-23H,1-4H3. The van der Waals surface area contributed by atoms with Crippen LogP contribution in [0.1, 0.15) is 11.5 Å². The van der Waals surface area contributed by atoms with Crippen molar-refractivity contribution in [3.63, 3.8) is 0 Å². The Hall–Kier alpha value is -2.79. The summed E-state index contributed by atoms with van der Waals surface area (Å²) >= 11 is 0. The van der Waals surface area contributed by atoms with E-state index in [-0.39, 0.29) is 17.2 Å². The van der Waals surface area contributed by atoms with Crippen molar-refractivity contribution < 1.29 is 26.0 Å². The number of benzene rings is 2. The molecule has 0 saturated heterocycles. The van der Waals surface area contributed by atoms with Crippen LogP contribution in [-0.4, -0.2) is 31.8 Å². The molecule has 0 aliphatic rings. The van der Waals surface area contributed by atoms with Crippen molar-refractivity contribution in [2.45, 2.75) is 13.8 Å². The summed E-state index contributed by atoms with van der Waals surface area (Å²) in [6, 6.07) is 4.07. The third-order valence-electron chi connectivity index (χ3n) is 3.93. The maximum absolute atomic E-state index is 14.8. The SMILES string of the molecule is Cc1ccc(Nc2c(F)c(F)c3nc(C)oc3c2NS(=O)(=O)N(C)C)c(F)c1. The van der Waals surface area contributed by atoms with Gasteiger partial charge >= 0.3 is 10.2 Å². The smallest absolute Gasteiger partial charge is 0.301 e. The van der Waals surface area contributed by atoms with E-state index in [9.17, 15) is 21.6 Å². The predicted molar refractivity (Wildman–Crippen MR) is 99.3 cm³/mol. The van der Waals surface area contributed by atoms with Crippen LogP contribution >= 0.6 is 0 Å². The Morgan fingerprint density at radius 1 is 1.07 bits per heavy atom. The zero-order valence-electron chi connectivity index (χ0n) is 15.4. The minimum absolute atomic E-state index is 0.00253. The topological polar surface area (TPSA) is 87.5 Å². The number of nitrogens with one attached hydrogen (secondary N) is 2. The summed E-state index contributed by atoms with van der Waals surface area (Å²) < 4.78 is 76.4. The number of anilines is 3. The van der Waals surface area contributed by atoms with Gasteiger partial charge in [0.2, 0.25) is 0 Å². The van der Waals surface area contributed by atoms with Crippen molar-refractivity contribution in [3.8, 4) is 0 Å². The quantitative estimate of drug-likeness (QED) is 0.663. The van der Waals surface area contributed by atoms with Crippen molar-refractivity contribution in [1.29, 1.82) is 0 Å². The molecule has 0 bridgehead atoms. The van der Waals surface area contributed by atoms with Crippen molar-refractivity contribution >= 4 is 38.4 Å². The number of hydrogen-bond donors (Lipinski definition) is 2. The van der Waals surface area contributed by atoms with Gasteiger partial charge in [-0.05, 0) is 24.6 Å². The number of fused-ring (bicyclic) bond motifs is 1. The first-order valence-corrected chi connectivity index (χ1v) is 9.46. The molecule has 11 heteroatoms. The van der Waals surface area contributed by atoms with Crippen LogP contribution in [-0.2, 0) is 10.2 Å². The molecule has 0 atom stereocenters. The number of aromatic nitrogens is 1. The summed E-state index contributed by atoms with van der Waals surface area (Å²) in [5.74, 6) is -3.51. The fourth-order valence-electron chi connectivity index (χ4n) is 2.47. The zero-order chi connectivity index (χ0) is 20.8. The number of hydrogen-bond acceptors (Lipinski definition) is 5. The Morgan fingerprint density at radius 2 is 1.75 bits per heavy atom. The first kappa shape index (κ1) is 20.0. The molecule has 0 fully saturated rings. The minimum atomic E-state index is -4.12. The molecule has 0 aliphatic heterocycles. The third-order valence-corrected chi connectivity index (χ3v) is 5.35. The van der Waals surface area contributed by atoms with E-state index in [4.69, 9.17) is 4.42 Å². The Kier molecular flexibility index (Phi) is 4.98. The van der Waals surface area contributed by atoms with E-state index < -0.39 is 44.6 Å². The van der Waals surface area contributed by atoms with E-state index in [1.54, 1.807) is 13.0 Å². The highest BCUT2D eigenvalue weighted by molar-refractivity contribution is 7.90. The number of nitrogens with zero attached hydrogens (tertiary/aromatic N) is 2. The molecule has 2 aromatic carbocycles. The van der Waals surface area contributed by atoms with Crippen molar-refractivity contribution in [2.24, 2.45) is 0 Å². The molecular weight excluding hydrogens is 397 g/mol. The highest BCUT2D eigenvalue weighted by Gasteiger charge is 2.28. The van der Waals surface area contributed by atoms with Crippen LogP contribution in [0.5, 0.6) is 0 Å². The summed E-state index contributed by atoms with van der Waals surface area (Å²) in [6.07, 6.45) is 0. The molecule has 0 saturated carbocycles. The second kappa shape index (κ2) is 6.99. The molecule has 2 N–H and O–H groups in total. The van der Waals surface area contributed by atoms with Crippen LogP contribution in [0.2, 0.25) is 0 Å². The summed E-state index contributed by atoms with van der Waals surface area (Å²) in [6.45, 7) is 3.06. The van der Waals surface area contributed by atoms with Crippen LogP contribution in [0.3, 0.4) is 0 Å². The fourth-order valence-corrected chi connectivity index (χ4v) is 3.11. The molecule has 0 radical (unpaired) electrons. The van der Waals surface area contributed by atoms with Gasteiger partial charge in [-0.1, -0.05) is 6.07 Å². The molecule has 150 valence electrons. The molecule has 3 aromatic rings. The molecule has 28 heavy (non-hydrogen) atoms. The molecule has 1 heterocycles. The lowest BCUT2D eigenvalue weighted by Gasteiger charge is -2.18. The van der Waals surface area contributed by atoms with Gasteiger partial charge in [0.15, 0.2) is 28.6 Å². The maximum atomic E-state index is 14.8. The highest BCUT2D eigenvalue weighted by Crippen LogP contribution is 2.39. The van der Waals surface area contributed by atoms with E-state index in [0.717, 1.165) is 4.31 Å². The van der Waals surface area contributed by atoms with Gasteiger partial charge in [-0.15, -0.1) is 0 Å². The molecule has 0 spiro atoms. The van der Waals surface area contributed by atoms with Gasteiger partial charge in [0.1, 0.15) is 17.2 Å². The van der Waals surface area contributed by atoms with Gasteiger partial charge in [-0.3, -0.25) is 4.72 Å². The van der Waals surface area contributed by atoms with Crippen LogP contribution < -0.4 is 10.0 Å². The number of rotatable bonds is 5. The Labute approximate surface area is 159 Å². The van der Waals surface area contributed by atoms with Gasteiger partial charge < -0.3 is 9.73 Å². The lowest BCUT2D eigenvalue weighted by Crippen LogP contribution is -2.29. The molecular formula is C17H17F3N4O3S. The summed E-state index contributed by atoms with van der Waals surface area (Å²) in [5.41, 5.74) is -1.43. The summed E-state index contributed by atoms with van der Waals surface area (Å²) in [4.78, 5) is 3.75. The number of oxazole rings is 1. The lowest BCUT2D eigenvalue weighted by atomic mass is 10.2. The number of aryl methyl sites for hydroxylation is 2. The van der Waals surface area contributed by atoms with Crippen LogP contribution in [0.25, 0.3) is 11.1 Å². The van der Waals surface area contributed by atoms with Crippen molar-refractivity contribution in [2.75, 3.05) is 24.1 Å². The van der Waals surface area contributed by atoms with E-state index in [0.29, 0.717) is 5.56 Å². The van der Waals surface area contributed by atoms with Gasteiger partial charge in [0.05, 0.1) is 5.69 Å². The average Bonchev–Trinajstić information content (AvgIpc) is 2.99. The van der Waals surface area contributed by atoms with Crippen LogP contribution in [0.4, 0.5) is 30.2 Å². The molecule has 7 nitrogen and oxygen atoms in total. The van der Waals surface area contributed by atoms with Crippen molar-refractivity contribution in [1.82, 2.24) is 9.29 Å². The summed E-state index contributed by atoms with van der Waals surface area (Å²) in [5, 5.41) is 2.42. The Morgan fingerprint density at radius 3 is 2.36 bits per heavy atom. The highest BCUT2D eigenvalue weighted by atomic mass is 32.2. The van der Waals surface area contributed by atoms with E-state index >= 15 is 0 Å². The second-order valence-electron chi connectivity index (χ2n) is 6.29. The molecule has 0 amide bonds. The van der Waals surface area contributed by atoms with Crippen LogP contribution in [0.15, 0.2) is 22.6 Å². The lowest BCUT2D eigenvalue weighted by molar-refractivity contribution is 0.516. The second-order valence-corrected chi connectivity index (χ2v) is 8.17.